The van der Waals surface area contributed by atoms with Gasteiger partial charge in [0.25, 0.3) is 0 Å². The van der Waals surface area contributed by atoms with Crippen molar-refractivity contribution in [2.75, 3.05) is 6.61 Å². The molecule has 0 saturated heterocycles. The van der Waals surface area contributed by atoms with E-state index in [-0.39, 0.29) is 33.7 Å². The van der Waals surface area contributed by atoms with Crippen LogP contribution >= 0.6 is 0 Å². The van der Waals surface area contributed by atoms with Gasteiger partial charge in [0, 0.05) is 18.9 Å². The Labute approximate surface area is 215 Å². The number of allylic oxidation sites excluding steroid dienone is 4. The minimum atomic E-state index is -0.136. The van der Waals surface area contributed by atoms with Crippen LogP contribution in [0.4, 0.5) is 0 Å². The number of hydrogen-bond acceptors (Lipinski definition) is 3. The standard InChI is InChI=1S/C32H52O3/c1-21(2)10-9-11-23(20-33)24-14-18-32(8)26-12-13-27-29(4,5)28(35-22(3)34)16-17-30(27,6)25(26)15-19-31(24,32)7/h10,23-24,27-28,33H,9,11-20H2,1-8H3/t23-,24+,27?,28+,30+,31+,32-/m0/s1. The maximum absolute atomic E-state index is 11.8. The van der Waals surface area contributed by atoms with Crippen molar-refractivity contribution in [3.63, 3.8) is 0 Å². The number of rotatable bonds is 6. The molecular weight excluding hydrogens is 432 g/mol. The third kappa shape index (κ3) is 4.16. The summed E-state index contributed by atoms with van der Waals surface area (Å²) >= 11 is 0. The molecule has 0 aromatic rings. The Hall–Kier alpha value is -1.09. The minimum absolute atomic E-state index is 0.00395. The predicted molar refractivity (Wildman–Crippen MR) is 144 cm³/mol. The molecule has 7 atom stereocenters. The molecule has 1 N–H and O–H groups in total. The second-order valence-corrected chi connectivity index (χ2v) is 14.1. The fourth-order valence-electron chi connectivity index (χ4n) is 9.88. The highest BCUT2D eigenvalue weighted by molar-refractivity contribution is 5.66. The Bertz CT molecular complexity index is 892. The van der Waals surface area contributed by atoms with Crippen molar-refractivity contribution in [2.45, 2.75) is 126 Å². The van der Waals surface area contributed by atoms with Crippen molar-refractivity contribution in [1.82, 2.24) is 0 Å². The topological polar surface area (TPSA) is 46.5 Å². The molecular formula is C32H52O3. The molecule has 4 aliphatic carbocycles. The van der Waals surface area contributed by atoms with Crippen LogP contribution in [-0.2, 0) is 9.53 Å². The zero-order valence-corrected chi connectivity index (χ0v) is 23.9. The molecule has 35 heavy (non-hydrogen) atoms. The van der Waals surface area contributed by atoms with Crippen LogP contribution in [0.5, 0.6) is 0 Å². The summed E-state index contributed by atoms with van der Waals surface area (Å²) in [6.45, 7) is 18.7. The Morgan fingerprint density at radius 2 is 1.71 bits per heavy atom. The smallest absolute Gasteiger partial charge is 0.302 e. The number of fused-ring (bicyclic) bond motifs is 4. The second kappa shape index (κ2) is 9.34. The highest BCUT2D eigenvalue weighted by atomic mass is 16.5. The third-order valence-corrected chi connectivity index (χ3v) is 12.0. The number of carbonyl (C=O) groups excluding carboxylic acids is 1. The van der Waals surface area contributed by atoms with Crippen molar-refractivity contribution in [3.8, 4) is 0 Å². The van der Waals surface area contributed by atoms with E-state index in [1.807, 2.05) is 0 Å². The van der Waals surface area contributed by atoms with Gasteiger partial charge in [-0.05, 0) is 112 Å². The van der Waals surface area contributed by atoms with E-state index in [4.69, 9.17) is 4.74 Å². The molecule has 0 aromatic heterocycles. The zero-order valence-electron chi connectivity index (χ0n) is 23.9. The molecule has 4 rings (SSSR count). The summed E-state index contributed by atoms with van der Waals surface area (Å²) in [5, 5.41) is 10.4. The Morgan fingerprint density at radius 1 is 1.00 bits per heavy atom. The van der Waals surface area contributed by atoms with E-state index in [1.54, 1.807) is 18.1 Å². The van der Waals surface area contributed by atoms with Gasteiger partial charge in [-0.1, -0.05) is 57.4 Å². The molecule has 0 radical (unpaired) electrons. The molecule has 4 aliphatic rings. The maximum Gasteiger partial charge on any atom is 0.302 e. The van der Waals surface area contributed by atoms with Crippen molar-refractivity contribution >= 4 is 5.97 Å². The molecule has 3 nitrogen and oxygen atoms in total. The lowest BCUT2D eigenvalue weighted by Gasteiger charge is -2.62. The molecule has 0 aliphatic heterocycles. The van der Waals surface area contributed by atoms with Crippen LogP contribution in [0.1, 0.15) is 120 Å². The van der Waals surface area contributed by atoms with Gasteiger partial charge in [-0.15, -0.1) is 0 Å². The lowest BCUT2D eigenvalue weighted by molar-refractivity contribution is -0.167. The fraction of sp³-hybridized carbons (Fsp3) is 0.844. The first-order valence-corrected chi connectivity index (χ1v) is 14.5. The average Bonchev–Trinajstić information content (AvgIpc) is 3.04. The molecule has 198 valence electrons. The summed E-state index contributed by atoms with van der Waals surface area (Å²) in [6.07, 6.45) is 14.1. The number of aliphatic hydroxyl groups excluding tert-OH is 1. The zero-order chi connectivity index (χ0) is 25.8. The molecule has 1 unspecified atom stereocenters. The number of esters is 1. The number of ether oxygens (including phenoxy) is 1. The minimum Gasteiger partial charge on any atom is -0.462 e. The summed E-state index contributed by atoms with van der Waals surface area (Å²) in [5.41, 5.74) is 5.69. The van der Waals surface area contributed by atoms with Crippen LogP contribution in [0.25, 0.3) is 0 Å². The van der Waals surface area contributed by atoms with E-state index in [0.29, 0.717) is 24.4 Å². The van der Waals surface area contributed by atoms with Crippen LogP contribution < -0.4 is 0 Å². The third-order valence-electron chi connectivity index (χ3n) is 12.0. The first-order chi connectivity index (χ1) is 16.3. The Balaban J connectivity index is 1.64. The van der Waals surface area contributed by atoms with E-state index in [0.717, 1.165) is 25.7 Å². The quantitative estimate of drug-likeness (QED) is 0.307. The molecule has 0 bridgehead atoms. The van der Waals surface area contributed by atoms with Gasteiger partial charge in [0.15, 0.2) is 0 Å². The first-order valence-electron chi connectivity index (χ1n) is 14.5. The highest BCUT2D eigenvalue weighted by Crippen LogP contribution is 2.72. The van der Waals surface area contributed by atoms with Crippen molar-refractivity contribution in [2.24, 2.45) is 39.4 Å². The van der Waals surface area contributed by atoms with Gasteiger partial charge in [0.2, 0.25) is 0 Å². The van der Waals surface area contributed by atoms with Gasteiger partial charge < -0.3 is 9.84 Å². The lowest BCUT2D eigenvalue weighted by Crippen LogP contribution is -2.55. The van der Waals surface area contributed by atoms with E-state index in [2.05, 4.69) is 54.5 Å². The summed E-state index contributed by atoms with van der Waals surface area (Å²) in [4.78, 5) is 11.8. The summed E-state index contributed by atoms with van der Waals surface area (Å²) < 4.78 is 5.86. The summed E-state index contributed by atoms with van der Waals surface area (Å²) in [5.74, 6) is 1.44. The number of carbonyl (C=O) groups is 1. The van der Waals surface area contributed by atoms with E-state index < -0.39 is 0 Å². The first kappa shape index (κ1) is 27.0. The van der Waals surface area contributed by atoms with E-state index >= 15 is 0 Å². The van der Waals surface area contributed by atoms with Gasteiger partial charge >= 0.3 is 5.97 Å². The van der Waals surface area contributed by atoms with E-state index in [1.165, 1.54) is 44.1 Å². The van der Waals surface area contributed by atoms with Crippen LogP contribution in [0.15, 0.2) is 22.8 Å². The van der Waals surface area contributed by atoms with Gasteiger partial charge in [0.05, 0.1) is 0 Å². The highest BCUT2D eigenvalue weighted by Gasteiger charge is 2.63. The van der Waals surface area contributed by atoms with Crippen molar-refractivity contribution in [1.29, 1.82) is 0 Å². The molecule has 3 heteroatoms. The van der Waals surface area contributed by atoms with Crippen LogP contribution in [0.3, 0.4) is 0 Å². The number of hydrogen-bond donors (Lipinski definition) is 1. The number of aliphatic hydroxyl groups is 1. The SMILES string of the molecule is CC(=O)O[C@@H]1CC[C@]2(C)C3=C(CCC2C1(C)C)[C@]1(C)CC[C@H]([C@H](CO)CCC=C(C)C)[C@@]1(C)CC3. The van der Waals surface area contributed by atoms with Crippen LogP contribution in [0, 0.1) is 39.4 Å². The summed E-state index contributed by atoms with van der Waals surface area (Å²) in [7, 11) is 0. The van der Waals surface area contributed by atoms with E-state index in [9.17, 15) is 9.90 Å². The maximum atomic E-state index is 11.8. The van der Waals surface area contributed by atoms with Crippen LogP contribution in [0.2, 0.25) is 0 Å². The molecule has 2 saturated carbocycles. The Morgan fingerprint density at radius 3 is 2.34 bits per heavy atom. The summed E-state index contributed by atoms with van der Waals surface area (Å²) in [6, 6.07) is 0. The largest absolute Gasteiger partial charge is 0.462 e. The van der Waals surface area contributed by atoms with Gasteiger partial charge in [-0.3, -0.25) is 4.79 Å². The average molecular weight is 485 g/mol. The monoisotopic (exact) mass is 484 g/mol. The van der Waals surface area contributed by atoms with Crippen molar-refractivity contribution < 1.29 is 14.6 Å². The Kier molecular flexibility index (Phi) is 7.19. The van der Waals surface area contributed by atoms with Gasteiger partial charge in [-0.2, -0.15) is 0 Å². The predicted octanol–water partition coefficient (Wildman–Crippen LogP) is 8.02. The second-order valence-electron chi connectivity index (χ2n) is 14.1. The molecule has 2 fully saturated rings. The molecule has 0 aromatic carbocycles. The van der Waals surface area contributed by atoms with Crippen molar-refractivity contribution in [3.05, 3.63) is 22.8 Å². The molecule has 0 heterocycles. The van der Waals surface area contributed by atoms with Gasteiger partial charge in [0.1, 0.15) is 6.10 Å². The lowest BCUT2D eigenvalue weighted by atomic mass is 9.43. The van der Waals surface area contributed by atoms with Gasteiger partial charge in [-0.25, -0.2) is 0 Å². The normalized spacial score (nSPS) is 40.9. The molecule has 0 amide bonds. The van der Waals surface area contributed by atoms with Crippen LogP contribution in [-0.4, -0.2) is 23.8 Å². The molecule has 0 spiro atoms. The fourth-order valence-corrected chi connectivity index (χ4v) is 9.88.